The second kappa shape index (κ2) is 9.40. The molecule has 2 aromatic rings. The molecule has 1 aliphatic heterocycles. The Morgan fingerprint density at radius 3 is 2.38 bits per heavy atom. The Morgan fingerprint density at radius 2 is 1.78 bits per heavy atom. The van der Waals surface area contributed by atoms with Crippen molar-refractivity contribution in [3.63, 3.8) is 0 Å². The number of imidazole rings is 1. The first-order valence-electron chi connectivity index (χ1n) is 9.44. The summed E-state index contributed by atoms with van der Waals surface area (Å²) in [7, 11) is 0. The average Bonchev–Trinajstić information content (AvgIpc) is 3.21. The first-order valence-corrected chi connectivity index (χ1v) is 9.85. The number of nitrogens with one attached hydrogen (secondary N) is 2. The monoisotopic (exact) mass is 467 g/mol. The van der Waals surface area contributed by atoms with Crippen LogP contribution in [0.2, 0.25) is 0 Å². The highest BCUT2D eigenvalue weighted by molar-refractivity contribution is 7.71. The predicted octanol–water partition coefficient (Wildman–Crippen LogP) is 0.771. The van der Waals surface area contributed by atoms with Crippen molar-refractivity contribution >= 4 is 53.1 Å². The normalized spacial score (nSPS) is 22.4. The number of rotatable bonds is 6. The summed E-state index contributed by atoms with van der Waals surface area (Å²) in [5.41, 5.74) is 0.609. The van der Waals surface area contributed by atoms with Crippen molar-refractivity contribution in [2.45, 2.75) is 52.2 Å². The van der Waals surface area contributed by atoms with Crippen LogP contribution >= 0.6 is 12.2 Å². The highest BCUT2D eigenvalue weighted by atomic mass is 32.1. The number of aromatic nitrogens is 4. The highest BCUT2D eigenvalue weighted by Crippen LogP contribution is 2.36. The molecular formula is C18H21N5O8S. The van der Waals surface area contributed by atoms with Gasteiger partial charge in [-0.2, -0.15) is 0 Å². The van der Waals surface area contributed by atoms with E-state index in [0.29, 0.717) is 11.2 Å². The maximum absolute atomic E-state index is 11.8. The Hall–Kier alpha value is -3.39. The molecule has 1 amide bonds. The standard InChI is InChI=1S/C18H21N5O8S/c1-7(24)20-18-21-15-12(16(32)22-18)19-6-23(15)17-14(30-10(4)27)13(29-9(3)26)11(31-17)5-28-8(2)25/h6,11,13-14,17H,5H2,1-4H3,(H2,20,21,22,24,32)/t11-,13-,14-,17-/m1/s1. The topological polar surface area (TPSA) is 164 Å². The Labute approximate surface area is 186 Å². The van der Waals surface area contributed by atoms with E-state index in [2.05, 4.69) is 20.3 Å². The van der Waals surface area contributed by atoms with Crippen molar-refractivity contribution in [3.05, 3.63) is 11.0 Å². The molecule has 0 radical (unpaired) electrons. The van der Waals surface area contributed by atoms with Crippen LogP contribution in [0.3, 0.4) is 0 Å². The van der Waals surface area contributed by atoms with Crippen molar-refractivity contribution in [1.82, 2.24) is 19.5 Å². The molecule has 1 aliphatic rings. The lowest BCUT2D eigenvalue weighted by Gasteiger charge is -2.23. The molecule has 4 atom stereocenters. The minimum atomic E-state index is -1.10. The van der Waals surface area contributed by atoms with E-state index in [4.69, 9.17) is 31.2 Å². The maximum Gasteiger partial charge on any atom is 0.303 e. The van der Waals surface area contributed by atoms with Crippen LogP contribution in [0.25, 0.3) is 11.2 Å². The third-order valence-electron chi connectivity index (χ3n) is 4.36. The lowest BCUT2D eigenvalue weighted by molar-refractivity contribution is -0.166. The summed E-state index contributed by atoms with van der Waals surface area (Å²) in [5, 5.41) is 2.50. The third kappa shape index (κ3) is 5.08. The van der Waals surface area contributed by atoms with Gasteiger partial charge in [-0.3, -0.25) is 29.1 Å². The molecule has 32 heavy (non-hydrogen) atoms. The highest BCUT2D eigenvalue weighted by Gasteiger charge is 2.51. The van der Waals surface area contributed by atoms with E-state index in [0.717, 1.165) is 0 Å². The first kappa shape index (κ1) is 23.3. The van der Waals surface area contributed by atoms with Crippen LogP contribution in [-0.4, -0.2) is 68.3 Å². The molecule has 172 valence electrons. The van der Waals surface area contributed by atoms with Crippen LogP contribution in [0.15, 0.2) is 6.33 Å². The second-order valence-electron chi connectivity index (χ2n) is 6.94. The zero-order valence-corrected chi connectivity index (χ0v) is 18.4. The van der Waals surface area contributed by atoms with Gasteiger partial charge in [0.05, 0.1) is 6.33 Å². The Balaban J connectivity index is 2.07. The Morgan fingerprint density at radius 1 is 1.12 bits per heavy atom. The van der Waals surface area contributed by atoms with Gasteiger partial charge in [-0.1, -0.05) is 12.2 Å². The summed E-state index contributed by atoms with van der Waals surface area (Å²) in [6.07, 6.45) is -2.77. The zero-order chi connectivity index (χ0) is 23.6. The van der Waals surface area contributed by atoms with Gasteiger partial charge in [0.25, 0.3) is 0 Å². The predicted molar refractivity (Wildman–Crippen MR) is 109 cm³/mol. The van der Waals surface area contributed by atoms with Crippen molar-refractivity contribution in [2.75, 3.05) is 11.9 Å². The number of nitrogens with zero attached hydrogens (tertiary/aromatic N) is 3. The van der Waals surface area contributed by atoms with E-state index >= 15 is 0 Å². The van der Waals surface area contributed by atoms with Crippen LogP contribution in [0.5, 0.6) is 0 Å². The van der Waals surface area contributed by atoms with E-state index in [1.165, 1.54) is 38.6 Å². The van der Waals surface area contributed by atoms with Gasteiger partial charge in [-0.15, -0.1) is 0 Å². The molecule has 1 saturated heterocycles. The van der Waals surface area contributed by atoms with E-state index in [9.17, 15) is 19.2 Å². The van der Waals surface area contributed by atoms with Crippen molar-refractivity contribution in [2.24, 2.45) is 0 Å². The van der Waals surface area contributed by atoms with Crippen molar-refractivity contribution in [1.29, 1.82) is 0 Å². The van der Waals surface area contributed by atoms with Gasteiger partial charge in [0, 0.05) is 27.7 Å². The van der Waals surface area contributed by atoms with Crippen LogP contribution in [-0.2, 0) is 38.1 Å². The molecule has 3 rings (SSSR count). The molecule has 1 fully saturated rings. The molecule has 2 aromatic heterocycles. The summed E-state index contributed by atoms with van der Waals surface area (Å²) >= 11 is 5.24. The number of anilines is 1. The third-order valence-corrected chi connectivity index (χ3v) is 4.64. The quantitative estimate of drug-likeness (QED) is 0.350. The van der Waals surface area contributed by atoms with Gasteiger partial charge in [0.1, 0.15) is 23.9 Å². The minimum Gasteiger partial charge on any atom is -0.463 e. The van der Waals surface area contributed by atoms with Crippen LogP contribution in [0.4, 0.5) is 5.95 Å². The maximum atomic E-state index is 11.8. The van der Waals surface area contributed by atoms with Crippen molar-refractivity contribution < 1.29 is 38.1 Å². The lowest BCUT2D eigenvalue weighted by atomic mass is 10.1. The van der Waals surface area contributed by atoms with E-state index in [-0.39, 0.29) is 23.1 Å². The number of hydrogen-bond acceptors (Lipinski definition) is 11. The van der Waals surface area contributed by atoms with Gasteiger partial charge >= 0.3 is 17.9 Å². The van der Waals surface area contributed by atoms with E-state index in [1.54, 1.807) is 0 Å². The lowest BCUT2D eigenvalue weighted by Crippen LogP contribution is -2.40. The Bertz CT molecular complexity index is 1130. The average molecular weight is 467 g/mol. The van der Waals surface area contributed by atoms with Crippen LogP contribution in [0, 0.1) is 4.64 Å². The largest absolute Gasteiger partial charge is 0.463 e. The number of carbonyl (C=O) groups excluding carboxylic acids is 4. The number of hydrogen-bond donors (Lipinski definition) is 2. The van der Waals surface area contributed by atoms with Crippen LogP contribution in [0.1, 0.15) is 33.9 Å². The number of esters is 3. The minimum absolute atomic E-state index is 0.0757. The van der Waals surface area contributed by atoms with Gasteiger partial charge in [-0.05, 0) is 0 Å². The second-order valence-corrected chi connectivity index (χ2v) is 7.32. The summed E-state index contributed by atoms with van der Waals surface area (Å²) in [5.74, 6) is -2.15. The molecule has 0 spiro atoms. The molecule has 0 aliphatic carbocycles. The fourth-order valence-electron chi connectivity index (χ4n) is 3.27. The molecule has 0 aromatic carbocycles. The van der Waals surface area contributed by atoms with Gasteiger partial charge in [0.15, 0.2) is 23.1 Å². The summed E-state index contributed by atoms with van der Waals surface area (Å²) < 4.78 is 23.3. The molecule has 14 heteroatoms. The number of ether oxygens (including phenoxy) is 4. The number of amides is 1. The number of carbonyl (C=O) groups is 4. The Kier molecular flexibility index (Phi) is 6.84. The van der Waals surface area contributed by atoms with Gasteiger partial charge in [0.2, 0.25) is 11.9 Å². The zero-order valence-electron chi connectivity index (χ0n) is 17.6. The smallest absolute Gasteiger partial charge is 0.303 e. The number of aromatic amines is 1. The summed E-state index contributed by atoms with van der Waals surface area (Å²) in [6, 6.07) is 0. The molecular weight excluding hydrogens is 446 g/mol. The molecule has 0 saturated carbocycles. The van der Waals surface area contributed by atoms with Gasteiger partial charge in [-0.25, -0.2) is 9.97 Å². The summed E-state index contributed by atoms with van der Waals surface area (Å²) in [6.45, 7) is 4.66. The fourth-order valence-corrected chi connectivity index (χ4v) is 3.51. The summed E-state index contributed by atoms with van der Waals surface area (Å²) in [4.78, 5) is 57.4. The van der Waals surface area contributed by atoms with Gasteiger partial charge < -0.3 is 23.9 Å². The van der Waals surface area contributed by atoms with E-state index in [1.807, 2.05) is 0 Å². The van der Waals surface area contributed by atoms with Crippen LogP contribution < -0.4 is 5.32 Å². The van der Waals surface area contributed by atoms with E-state index < -0.39 is 42.4 Å². The number of H-pyrrole nitrogens is 1. The number of fused-ring (bicyclic) bond motifs is 1. The SMILES string of the molecule is CC(=O)Nc1nc(=S)c2ncn([C@@H]3O[C@H](COC(C)=O)[C@@H](OC(C)=O)[C@H]3OC(C)=O)c2[nH]1. The molecule has 13 nitrogen and oxygen atoms in total. The molecule has 0 bridgehead atoms. The molecule has 0 unspecified atom stereocenters. The molecule has 3 heterocycles. The first-order chi connectivity index (χ1) is 15.1. The van der Waals surface area contributed by atoms with Crippen molar-refractivity contribution in [3.8, 4) is 0 Å². The fraction of sp³-hybridized carbons (Fsp3) is 0.500. The molecule has 2 N–H and O–H groups in total.